The summed E-state index contributed by atoms with van der Waals surface area (Å²) >= 11 is 0. The average molecular weight is 462 g/mol. The molecule has 6 nitrogen and oxygen atoms in total. The molecule has 0 fully saturated rings. The van der Waals surface area contributed by atoms with Crippen LogP contribution in [0.2, 0.25) is 0 Å². The highest BCUT2D eigenvalue weighted by molar-refractivity contribution is 5.70. The van der Waals surface area contributed by atoms with Gasteiger partial charge in [0.15, 0.2) is 0 Å². The van der Waals surface area contributed by atoms with Gasteiger partial charge in [-0.15, -0.1) is 0 Å². The summed E-state index contributed by atoms with van der Waals surface area (Å²) in [6.45, 7) is 2.21. The van der Waals surface area contributed by atoms with Crippen LogP contribution in [0.4, 0.5) is 15.9 Å². The van der Waals surface area contributed by atoms with Gasteiger partial charge in [-0.2, -0.15) is 0 Å². The molecule has 2 N–H and O–H groups in total. The molecule has 7 heteroatoms. The second kappa shape index (κ2) is 9.71. The maximum atomic E-state index is 13.4. The van der Waals surface area contributed by atoms with E-state index in [1.807, 2.05) is 18.2 Å². The maximum absolute atomic E-state index is 13.4. The highest BCUT2D eigenvalue weighted by Gasteiger charge is 2.29. The molecule has 2 aliphatic heterocycles. The topological polar surface area (TPSA) is 74.7 Å². The first-order chi connectivity index (χ1) is 16.6. The third-order valence-electron chi connectivity index (χ3n) is 6.56. The summed E-state index contributed by atoms with van der Waals surface area (Å²) in [4.78, 5) is 18.4. The van der Waals surface area contributed by atoms with E-state index in [4.69, 9.17) is 9.72 Å². The minimum Gasteiger partial charge on any atom is -0.493 e. The Morgan fingerprint density at radius 3 is 2.79 bits per heavy atom. The fraction of sp³-hybridized carbons (Fsp3) is 0.333. The molecule has 2 aliphatic rings. The summed E-state index contributed by atoms with van der Waals surface area (Å²) in [5, 5.41) is 12.8. The number of aromatic nitrogens is 1. The number of hydrogen-bond acceptors (Lipinski definition) is 5. The quantitative estimate of drug-likeness (QED) is 0.503. The second-order valence-electron chi connectivity index (χ2n) is 8.84. The van der Waals surface area contributed by atoms with Crippen LogP contribution in [0, 0.1) is 5.82 Å². The van der Waals surface area contributed by atoms with E-state index in [1.54, 1.807) is 12.1 Å². The molecule has 2 aromatic carbocycles. The van der Waals surface area contributed by atoms with Crippen LogP contribution < -0.4 is 15.0 Å². The van der Waals surface area contributed by atoms with Crippen molar-refractivity contribution in [3.8, 4) is 5.75 Å². The third kappa shape index (κ3) is 4.83. The predicted octanol–water partition coefficient (Wildman–Crippen LogP) is 4.78. The minimum absolute atomic E-state index is 0.0496. The number of ether oxygens (including phenoxy) is 1. The zero-order valence-electron chi connectivity index (χ0n) is 19.0. The number of aryl methyl sites for hydroxylation is 1. The van der Waals surface area contributed by atoms with Crippen molar-refractivity contribution in [3.63, 3.8) is 0 Å². The van der Waals surface area contributed by atoms with Gasteiger partial charge in [0.2, 0.25) is 0 Å². The van der Waals surface area contributed by atoms with E-state index < -0.39 is 5.97 Å². The van der Waals surface area contributed by atoms with Crippen LogP contribution >= 0.6 is 0 Å². The third-order valence-corrected chi connectivity index (χ3v) is 6.56. The van der Waals surface area contributed by atoms with Gasteiger partial charge in [0.05, 0.1) is 19.1 Å². The Labute approximate surface area is 198 Å². The van der Waals surface area contributed by atoms with Crippen LogP contribution in [-0.4, -0.2) is 35.8 Å². The van der Waals surface area contributed by atoms with Gasteiger partial charge in [-0.3, -0.25) is 4.79 Å². The molecule has 0 saturated carbocycles. The van der Waals surface area contributed by atoms with E-state index in [2.05, 4.69) is 22.3 Å². The number of nitrogens with zero attached hydrogens (tertiary/aromatic N) is 2. The van der Waals surface area contributed by atoms with Crippen LogP contribution in [0.1, 0.15) is 41.3 Å². The summed E-state index contributed by atoms with van der Waals surface area (Å²) in [5.74, 6) is 0.587. The molecule has 0 bridgehead atoms. The van der Waals surface area contributed by atoms with Crippen molar-refractivity contribution >= 4 is 17.5 Å². The van der Waals surface area contributed by atoms with Crippen molar-refractivity contribution in [1.29, 1.82) is 0 Å². The lowest BCUT2D eigenvalue weighted by Gasteiger charge is -2.30. The van der Waals surface area contributed by atoms with E-state index in [0.717, 1.165) is 66.3 Å². The zero-order valence-corrected chi connectivity index (χ0v) is 19.0. The summed E-state index contributed by atoms with van der Waals surface area (Å²) < 4.78 is 19.4. The normalized spacial score (nSPS) is 15.3. The lowest BCUT2D eigenvalue weighted by atomic mass is 10.0. The first-order valence-corrected chi connectivity index (χ1v) is 11.8. The Morgan fingerprint density at radius 2 is 1.97 bits per heavy atom. The highest BCUT2D eigenvalue weighted by Crippen LogP contribution is 2.38. The number of benzene rings is 2. The smallest absolute Gasteiger partial charge is 0.305 e. The fourth-order valence-corrected chi connectivity index (χ4v) is 4.86. The summed E-state index contributed by atoms with van der Waals surface area (Å²) in [5.41, 5.74) is 5.22. The molecule has 3 aromatic rings. The summed E-state index contributed by atoms with van der Waals surface area (Å²) in [6, 6.07) is 16.0. The fourth-order valence-electron chi connectivity index (χ4n) is 4.86. The monoisotopic (exact) mass is 461 g/mol. The lowest BCUT2D eigenvalue weighted by molar-refractivity contribution is -0.137. The van der Waals surface area contributed by atoms with Gasteiger partial charge < -0.3 is 20.1 Å². The Balaban J connectivity index is 1.26. The Kier molecular flexibility index (Phi) is 6.34. The molecule has 0 saturated heterocycles. The number of pyridine rings is 1. The first-order valence-electron chi connectivity index (χ1n) is 11.8. The minimum atomic E-state index is -0.881. The average Bonchev–Trinajstić information content (AvgIpc) is 3.26. The molecule has 34 heavy (non-hydrogen) atoms. The molecule has 0 amide bonds. The molecule has 0 aliphatic carbocycles. The lowest BCUT2D eigenvalue weighted by Crippen LogP contribution is -2.28. The van der Waals surface area contributed by atoms with Crippen LogP contribution in [0.3, 0.4) is 0 Å². The SMILES string of the molecule is O=C(O)CC(c1ccc(F)cc1)N1CCc2cc(OCCc3ccc4c(n3)NCCC4)ccc21. The Hall–Kier alpha value is -3.61. The molecule has 1 unspecified atom stereocenters. The van der Waals surface area contributed by atoms with Gasteiger partial charge in [-0.25, -0.2) is 9.37 Å². The van der Waals surface area contributed by atoms with Crippen molar-refractivity contribution in [3.05, 3.63) is 82.8 Å². The van der Waals surface area contributed by atoms with E-state index in [-0.39, 0.29) is 18.3 Å². The molecule has 1 atom stereocenters. The van der Waals surface area contributed by atoms with Gasteiger partial charge in [-0.1, -0.05) is 18.2 Å². The number of fused-ring (bicyclic) bond motifs is 2. The molecule has 3 heterocycles. The molecule has 0 radical (unpaired) electrons. The number of carboxylic acids is 1. The Bertz CT molecular complexity index is 1180. The number of carboxylic acid groups (broad SMARTS) is 1. The van der Waals surface area contributed by atoms with E-state index in [0.29, 0.717) is 13.2 Å². The van der Waals surface area contributed by atoms with Gasteiger partial charge in [0.25, 0.3) is 0 Å². The van der Waals surface area contributed by atoms with Crippen molar-refractivity contribution < 1.29 is 19.0 Å². The largest absolute Gasteiger partial charge is 0.493 e. The van der Waals surface area contributed by atoms with Crippen molar-refractivity contribution in [1.82, 2.24) is 4.98 Å². The summed E-state index contributed by atoms with van der Waals surface area (Å²) in [6.07, 6.45) is 3.71. The molecular formula is C27H28FN3O3. The highest BCUT2D eigenvalue weighted by atomic mass is 19.1. The number of hydrogen-bond donors (Lipinski definition) is 2. The van der Waals surface area contributed by atoms with E-state index in [9.17, 15) is 14.3 Å². The number of rotatable bonds is 8. The number of nitrogens with one attached hydrogen (secondary N) is 1. The predicted molar refractivity (Wildman–Crippen MR) is 129 cm³/mol. The van der Waals surface area contributed by atoms with Gasteiger partial charge >= 0.3 is 5.97 Å². The number of aliphatic carboxylic acids is 1. The van der Waals surface area contributed by atoms with Gasteiger partial charge in [-0.05, 0) is 72.4 Å². The zero-order chi connectivity index (χ0) is 23.5. The van der Waals surface area contributed by atoms with Crippen LogP contribution in [0.5, 0.6) is 5.75 Å². The molecule has 5 rings (SSSR count). The van der Waals surface area contributed by atoms with Crippen molar-refractivity contribution in [2.75, 3.05) is 29.9 Å². The number of anilines is 2. The van der Waals surface area contributed by atoms with Crippen LogP contribution in [0.25, 0.3) is 0 Å². The summed E-state index contributed by atoms with van der Waals surface area (Å²) in [7, 11) is 0. The van der Waals surface area contributed by atoms with E-state index in [1.165, 1.54) is 17.7 Å². The maximum Gasteiger partial charge on any atom is 0.305 e. The van der Waals surface area contributed by atoms with Crippen LogP contribution in [-0.2, 0) is 24.1 Å². The standard InChI is InChI=1S/C27H28FN3O3/c28-21-6-3-18(4-7-21)25(17-26(32)33)31-14-11-20-16-23(9-10-24(20)31)34-15-12-22-8-5-19-2-1-13-29-27(19)30-22/h3-10,16,25H,1-2,11-15,17H2,(H,29,30)(H,32,33). The number of halogens is 1. The number of carbonyl (C=O) groups is 1. The second-order valence-corrected chi connectivity index (χ2v) is 8.84. The first kappa shape index (κ1) is 22.2. The van der Waals surface area contributed by atoms with E-state index >= 15 is 0 Å². The molecule has 0 spiro atoms. The molecule has 1 aromatic heterocycles. The molecule has 176 valence electrons. The van der Waals surface area contributed by atoms with Crippen molar-refractivity contribution in [2.45, 2.75) is 38.1 Å². The molecular weight excluding hydrogens is 433 g/mol. The van der Waals surface area contributed by atoms with Crippen molar-refractivity contribution in [2.24, 2.45) is 0 Å². The Morgan fingerprint density at radius 1 is 1.12 bits per heavy atom. The van der Waals surface area contributed by atoms with Gasteiger partial charge in [0, 0.05) is 30.9 Å². The van der Waals surface area contributed by atoms with Crippen LogP contribution in [0.15, 0.2) is 54.6 Å². The van der Waals surface area contributed by atoms with Gasteiger partial charge in [0.1, 0.15) is 17.4 Å².